The minimum absolute atomic E-state index is 0.139. The van der Waals surface area contributed by atoms with Gasteiger partial charge in [-0.15, -0.1) is 0 Å². The summed E-state index contributed by atoms with van der Waals surface area (Å²) in [5, 5.41) is 9.71. The summed E-state index contributed by atoms with van der Waals surface area (Å²) in [5.41, 5.74) is -0.687. The Hall–Kier alpha value is -1.87. The van der Waals surface area contributed by atoms with E-state index in [4.69, 9.17) is 9.47 Å². The van der Waals surface area contributed by atoms with E-state index in [9.17, 15) is 19.5 Å². The van der Waals surface area contributed by atoms with Crippen molar-refractivity contribution < 1.29 is 29.0 Å². The SMILES string of the molecule is COCCN1CCN(C(=O)C(CC(C)C)N(C)C(=O)OC(C)(C)C)[C@@H](C(=O)O)C1. The molecule has 0 aliphatic carbocycles. The molecule has 1 aliphatic rings. The van der Waals surface area contributed by atoms with E-state index < -0.39 is 29.7 Å². The van der Waals surface area contributed by atoms with Crippen molar-refractivity contribution in [2.75, 3.05) is 46.9 Å². The first kappa shape index (κ1) is 25.2. The molecule has 2 atom stereocenters. The molecule has 0 aromatic rings. The van der Waals surface area contributed by atoms with E-state index in [-0.39, 0.29) is 24.9 Å². The zero-order valence-electron chi connectivity index (χ0n) is 18.8. The number of likely N-dealkylation sites (N-methyl/N-ethyl adjacent to an activating group) is 1. The van der Waals surface area contributed by atoms with E-state index in [0.717, 1.165) is 0 Å². The number of ether oxygens (including phenoxy) is 2. The van der Waals surface area contributed by atoms with Gasteiger partial charge in [0.05, 0.1) is 6.61 Å². The van der Waals surface area contributed by atoms with Crippen LogP contribution in [-0.4, -0.2) is 102 Å². The number of amides is 2. The van der Waals surface area contributed by atoms with E-state index in [0.29, 0.717) is 26.1 Å². The molecule has 1 aliphatic heterocycles. The standard InChI is InChI=1S/C20H37N3O6/c1-14(2)12-15(21(6)19(27)29-20(3,4)5)17(24)23-9-8-22(10-11-28-7)13-16(23)18(25)26/h14-16H,8-13H2,1-7H3,(H,25,26)/t15?,16-/m1/s1. The Kier molecular flexibility index (Phi) is 9.35. The molecule has 1 heterocycles. The Bertz CT molecular complexity index is 575. The summed E-state index contributed by atoms with van der Waals surface area (Å²) in [7, 11) is 3.13. The zero-order chi connectivity index (χ0) is 22.4. The maximum absolute atomic E-state index is 13.4. The second-order valence-electron chi connectivity index (χ2n) is 8.92. The summed E-state index contributed by atoms with van der Waals surface area (Å²) in [5.74, 6) is -1.27. The first-order chi connectivity index (χ1) is 13.4. The highest BCUT2D eigenvalue weighted by Gasteiger charge is 2.40. The predicted octanol–water partition coefficient (Wildman–Crippen LogP) is 1.51. The normalized spacial score (nSPS) is 19.2. The molecule has 0 spiro atoms. The second-order valence-corrected chi connectivity index (χ2v) is 8.92. The van der Waals surface area contributed by atoms with Crippen molar-refractivity contribution in [1.82, 2.24) is 14.7 Å². The summed E-state index contributed by atoms with van der Waals surface area (Å²) < 4.78 is 10.5. The summed E-state index contributed by atoms with van der Waals surface area (Å²) in [6.45, 7) is 11.4. The van der Waals surface area contributed by atoms with Gasteiger partial charge in [-0.1, -0.05) is 13.8 Å². The number of carboxylic acid groups (broad SMARTS) is 1. The molecule has 9 nitrogen and oxygen atoms in total. The molecule has 1 unspecified atom stereocenters. The van der Waals surface area contributed by atoms with E-state index in [1.54, 1.807) is 27.9 Å². The van der Waals surface area contributed by atoms with Gasteiger partial charge in [0.15, 0.2) is 0 Å². The lowest BCUT2D eigenvalue weighted by atomic mass is 10.00. The number of carbonyl (C=O) groups is 3. The molecule has 0 bridgehead atoms. The number of carboxylic acids is 1. The Morgan fingerprint density at radius 2 is 1.83 bits per heavy atom. The fourth-order valence-electron chi connectivity index (χ4n) is 3.26. The largest absolute Gasteiger partial charge is 0.480 e. The van der Waals surface area contributed by atoms with Gasteiger partial charge in [-0.05, 0) is 33.1 Å². The van der Waals surface area contributed by atoms with Crippen LogP contribution in [0.4, 0.5) is 4.79 Å². The van der Waals surface area contributed by atoms with Crippen molar-refractivity contribution in [3.8, 4) is 0 Å². The molecule has 0 aromatic heterocycles. The maximum atomic E-state index is 13.4. The van der Waals surface area contributed by atoms with Gasteiger partial charge in [-0.3, -0.25) is 14.6 Å². The lowest BCUT2D eigenvalue weighted by Crippen LogP contribution is -2.62. The fourth-order valence-corrected chi connectivity index (χ4v) is 3.26. The number of rotatable bonds is 8. The number of carbonyl (C=O) groups excluding carboxylic acids is 2. The third-order valence-corrected chi connectivity index (χ3v) is 4.77. The van der Waals surface area contributed by atoms with Crippen LogP contribution >= 0.6 is 0 Å². The van der Waals surface area contributed by atoms with E-state index in [2.05, 4.69) is 0 Å². The average molecular weight is 416 g/mol. The van der Waals surface area contributed by atoms with Gasteiger partial charge in [0, 0.05) is 40.3 Å². The molecule has 9 heteroatoms. The van der Waals surface area contributed by atoms with Crippen LogP contribution in [0.15, 0.2) is 0 Å². The highest BCUT2D eigenvalue weighted by atomic mass is 16.6. The van der Waals surface area contributed by atoms with Crippen LogP contribution in [0.25, 0.3) is 0 Å². The van der Waals surface area contributed by atoms with E-state index in [1.165, 1.54) is 16.8 Å². The molecule has 1 fully saturated rings. The van der Waals surface area contributed by atoms with Gasteiger partial charge in [0.1, 0.15) is 17.7 Å². The summed E-state index contributed by atoms with van der Waals surface area (Å²) in [6, 6.07) is -1.74. The minimum atomic E-state index is -1.05. The Morgan fingerprint density at radius 1 is 1.21 bits per heavy atom. The Morgan fingerprint density at radius 3 is 2.31 bits per heavy atom. The van der Waals surface area contributed by atoms with Crippen molar-refractivity contribution in [3.63, 3.8) is 0 Å². The van der Waals surface area contributed by atoms with Crippen LogP contribution in [0.3, 0.4) is 0 Å². The smallest absolute Gasteiger partial charge is 0.410 e. The lowest BCUT2D eigenvalue weighted by Gasteiger charge is -2.42. The number of piperazine rings is 1. The minimum Gasteiger partial charge on any atom is -0.480 e. The number of hydrogen-bond acceptors (Lipinski definition) is 6. The molecule has 1 rings (SSSR count). The van der Waals surface area contributed by atoms with Gasteiger partial charge in [-0.2, -0.15) is 0 Å². The zero-order valence-corrected chi connectivity index (χ0v) is 18.8. The van der Waals surface area contributed by atoms with Gasteiger partial charge >= 0.3 is 12.1 Å². The highest BCUT2D eigenvalue weighted by Crippen LogP contribution is 2.20. The predicted molar refractivity (Wildman–Crippen MR) is 109 cm³/mol. The molecule has 0 saturated carbocycles. The Balaban J connectivity index is 3.02. The first-order valence-corrected chi connectivity index (χ1v) is 10.1. The van der Waals surface area contributed by atoms with Gasteiger partial charge in [-0.25, -0.2) is 9.59 Å². The third-order valence-electron chi connectivity index (χ3n) is 4.77. The summed E-state index contributed by atoms with van der Waals surface area (Å²) in [4.78, 5) is 42.4. The van der Waals surface area contributed by atoms with Gasteiger partial charge < -0.3 is 19.5 Å². The maximum Gasteiger partial charge on any atom is 0.410 e. The number of hydrogen-bond donors (Lipinski definition) is 1. The monoisotopic (exact) mass is 415 g/mol. The summed E-state index contributed by atoms with van der Waals surface area (Å²) in [6.07, 6.45) is -0.174. The molecule has 2 amide bonds. The van der Waals surface area contributed by atoms with Crippen molar-refractivity contribution in [2.45, 2.75) is 58.7 Å². The van der Waals surface area contributed by atoms with Gasteiger partial charge in [0.2, 0.25) is 5.91 Å². The molecule has 1 N–H and O–H groups in total. The molecule has 29 heavy (non-hydrogen) atoms. The number of methoxy groups -OCH3 is 1. The van der Waals surface area contributed by atoms with Crippen LogP contribution in [0.1, 0.15) is 41.0 Å². The van der Waals surface area contributed by atoms with Crippen molar-refractivity contribution in [3.05, 3.63) is 0 Å². The Labute approximate surface area is 173 Å². The van der Waals surface area contributed by atoms with E-state index >= 15 is 0 Å². The number of aliphatic carboxylic acids is 1. The van der Waals surface area contributed by atoms with Crippen molar-refractivity contribution in [1.29, 1.82) is 0 Å². The molecule has 0 aromatic carbocycles. The quantitative estimate of drug-likeness (QED) is 0.641. The highest BCUT2D eigenvalue weighted by molar-refractivity contribution is 5.89. The average Bonchev–Trinajstić information content (AvgIpc) is 2.61. The summed E-state index contributed by atoms with van der Waals surface area (Å²) >= 11 is 0. The van der Waals surface area contributed by atoms with Crippen LogP contribution in [0.5, 0.6) is 0 Å². The lowest BCUT2D eigenvalue weighted by molar-refractivity contribution is -0.156. The van der Waals surface area contributed by atoms with Crippen LogP contribution in [-0.2, 0) is 19.1 Å². The fraction of sp³-hybridized carbons (Fsp3) is 0.850. The van der Waals surface area contributed by atoms with Crippen LogP contribution < -0.4 is 0 Å². The second kappa shape index (κ2) is 10.8. The molecule has 1 saturated heterocycles. The molecule has 168 valence electrons. The molecular formula is C20H37N3O6. The first-order valence-electron chi connectivity index (χ1n) is 10.1. The van der Waals surface area contributed by atoms with E-state index in [1.807, 2.05) is 18.7 Å². The molecule has 0 radical (unpaired) electrons. The molecular weight excluding hydrogens is 378 g/mol. The van der Waals surface area contributed by atoms with Crippen molar-refractivity contribution in [2.24, 2.45) is 5.92 Å². The number of nitrogens with zero attached hydrogens (tertiary/aromatic N) is 3. The van der Waals surface area contributed by atoms with Gasteiger partial charge in [0.25, 0.3) is 0 Å². The third kappa shape index (κ3) is 7.81. The van der Waals surface area contributed by atoms with Crippen LogP contribution in [0, 0.1) is 5.92 Å². The van der Waals surface area contributed by atoms with Crippen molar-refractivity contribution >= 4 is 18.0 Å². The topological polar surface area (TPSA) is 99.6 Å². The van der Waals surface area contributed by atoms with Crippen LogP contribution in [0.2, 0.25) is 0 Å².